The predicted octanol–water partition coefficient (Wildman–Crippen LogP) is 17.5. The third kappa shape index (κ3) is 6.63. The van der Waals surface area contributed by atoms with Gasteiger partial charge in [-0.25, -0.2) is 0 Å². The molecule has 72 heavy (non-hydrogen) atoms. The van der Waals surface area contributed by atoms with Gasteiger partial charge in [-0.2, -0.15) is 10.5 Å². The molecule has 0 aliphatic carbocycles. The third-order valence-corrected chi connectivity index (χ3v) is 14.2. The molecule has 0 unspecified atom stereocenters. The number of hydrogen-bond acceptors (Lipinski definition) is 6. The molecular formula is C66H36N4O2. The summed E-state index contributed by atoms with van der Waals surface area (Å²) in [4.78, 5) is 9.75. The van der Waals surface area contributed by atoms with Gasteiger partial charge in [0.2, 0.25) is 0 Å². The SMILES string of the molecule is N#Cc1cccc2c1oc1cc(-c3cccc(-c4cccc(-c5ccc6c(c5)c5cc(-c7cccc(-c8cccc(-c9ccc%10c(c9)oc9c(C#N)cccc9%10)c8)c7)ccc5c5nccnc65)c4)c3)ccc12. The van der Waals surface area contributed by atoms with Gasteiger partial charge >= 0.3 is 0 Å². The van der Waals surface area contributed by atoms with E-state index in [0.717, 1.165) is 132 Å². The molecule has 0 saturated carbocycles. The zero-order valence-electron chi connectivity index (χ0n) is 38.4. The lowest BCUT2D eigenvalue weighted by Crippen LogP contribution is -1.90. The van der Waals surface area contributed by atoms with Gasteiger partial charge in [0, 0.05) is 44.7 Å². The van der Waals surface area contributed by atoms with E-state index in [9.17, 15) is 10.5 Å². The third-order valence-electron chi connectivity index (χ3n) is 14.2. The van der Waals surface area contributed by atoms with Crippen LogP contribution in [0.1, 0.15) is 11.1 Å². The van der Waals surface area contributed by atoms with Crippen LogP contribution in [0.3, 0.4) is 0 Å². The first-order valence-electron chi connectivity index (χ1n) is 23.8. The molecule has 0 aliphatic rings. The first kappa shape index (κ1) is 40.9. The molecule has 0 atom stereocenters. The maximum Gasteiger partial charge on any atom is 0.153 e. The summed E-state index contributed by atoms with van der Waals surface area (Å²) in [7, 11) is 0. The van der Waals surface area contributed by atoms with Crippen LogP contribution in [-0.2, 0) is 0 Å². The Morgan fingerprint density at radius 2 is 0.583 bits per heavy atom. The summed E-state index contributed by atoms with van der Waals surface area (Å²) in [6.45, 7) is 0. The Morgan fingerprint density at radius 3 is 0.931 bits per heavy atom. The normalized spacial score (nSPS) is 11.6. The number of rotatable bonds is 6. The van der Waals surface area contributed by atoms with Gasteiger partial charge in [0.15, 0.2) is 11.2 Å². The average Bonchev–Trinajstić information content (AvgIpc) is 4.03. The Balaban J connectivity index is 0.816. The summed E-state index contributed by atoms with van der Waals surface area (Å²) in [5.74, 6) is 0. The van der Waals surface area contributed by atoms with Gasteiger partial charge in [0.1, 0.15) is 23.3 Å². The first-order valence-corrected chi connectivity index (χ1v) is 23.8. The van der Waals surface area contributed by atoms with Gasteiger partial charge in [0.05, 0.1) is 22.2 Å². The Hall–Kier alpha value is -10.1. The summed E-state index contributed by atoms with van der Waals surface area (Å²) in [6.07, 6.45) is 3.55. The predicted molar refractivity (Wildman–Crippen MR) is 291 cm³/mol. The number of furan rings is 2. The molecule has 3 heterocycles. The Kier molecular flexibility index (Phi) is 9.23. The number of fused-ring (bicyclic) bond motifs is 12. The largest absolute Gasteiger partial charge is 0.455 e. The lowest BCUT2D eigenvalue weighted by atomic mass is 9.91. The number of hydrogen-bond donors (Lipinski definition) is 0. The van der Waals surface area contributed by atoms with Crippen LogP contribution in [0.2, 0.25) is 0 Å². The molecule has 6 heteroatoms. The molecule has 14 aromatic rings. The minimum absolute atomic E-state index is 0.535. The highest BCUT2D eigenvalue weighted by atomic mass is 16.3. The van der Waals surface area contributed by atoms with E-state index < -0.39 is 0 Å². The van der Waals surface area contributed by atoms with Crippen LogP contribution in [-0.4, -0.2) is 9.97 Å². The van der Waals surface area contributed by atoms with Gasteiger partial charge in [-0.3, -0.25) is 9.97 Å². The van der Waals surface area contributed by atoms with Crippen molar-refractivity contribution < 1.29 is 8.83 Å². The van der Waals surface area contributed by atoms with Gasteiger partial charge in [-0.15, -0.1) is 0 Å². The number of aromatic nitrogens is 2. The van der Waals surface area contributed by atoms with Gasteiger partial charge < -0.3 is 8.83 Å². The molecule has 3 aromatic heterocycles. The van der Waals surface area contributed by atoms with Crippen LogP contribution in [0, 0.1) is 22.7 Å². The van der Waals surface area contributed by atoms with E-state index in [1.807, 2.05) is 24.3 Å². The monoisotopic (exact) mass is 916 g/mol. The highest BCUT2D eigenvalue weighted by Gasteiger charge is 2.17. The fourth-order valence-corrected chi connectivity index (χ4v) is 10.7. The van der Waals surface area contributed by atoms with Crippen LogP contribution < -0.4 is 0 Å². The molecule has 332 valence electrons. The van der Waals surface area contributed by atoms with Crippen LogP contribution in [0.25, 0.3) is 143 Å². The maximum absolute atomic E-state index is 9.69. The second-order valence-corrected chi connectivity index (χ2v) is 18.3. The van der Waals surface area contributed by atoms with E-state index >= 15 is 0 Å². The van der Waals surface area contributed by atoms with E-state index in [1.165, 1.54) is 0 Å². The van der Waals surface area contributed by atoms with Gasteiger partial charge in [-0.05, 0) is 150 Å². The topological polar surface area (TPSA) is 99.6 Å². The smallest absolute Gasteiger partial charge is 0.153 e. The van der Waals surface area contributed by atoms with E-state index in [0.29, 0.717) is 22.3 Å². The molecule has 14 rings (SSSR count). The molecule has 0 saturated heterocycles. The zero-order valence-corrected chi connectivity index (χ0v) is 38.4. The summed E-state index contributed by atoms with van der Waals surface area (Å²) in [5, 5.41) is 27.6. The Bertz CT molecular complexity index is 4380. The van der Waals surface area contributed by atoms with Crippen molar-refractivity contribution in [2.75, 3.05) is 0 Å². The average molecular weight is 917 g/mol. The molecule has 0 fully saturated rings. The van der Waals surface area contributed by atoms with Crippen LogP contribution in [0.15, 0.2) is 227 Å². The van der Waals surface area contributed by atoms with Crippen LogP contribution in [0.5, 0.6) is 0 Å². The Morgan fingerprint density at radius 1 is 0.278 bits per heavy atom. The van der Waals surface area contributed by atoms with Gasteiger partial charge in [0.25, 0.3) is 0 Å². The fraction of sp³-hybridized carbons (Fsp3) is 0. The number of para-hydroxylation sites is 2. The highest BCUT2D eigenvalue weighted by molar-refractivity contribution is 6.24. The second-order valence-electron chi connectivity index (χ2n) is 18.3. The highest BCUT2D eigenvalue weighted by Crippen LogP contribution is 2.41. The quantitative estimate of drug-likeness (QED) is 0.154. The standard InChI is InChI=1S/C66H36N4O2/c67-37-51-15-5-17-57-53-23-19-49(35-61(53)71-65(51)57)45-13-3-9-41(31-45)39-7-1-11-43(29-39)47-21-25-55-59(33-47)60-34-48(22-26-56(60)64-63(55)69-27-28-70-64)44-12-2-8-40(30-44)42-10-4-14-46(32-42)50-20-24-54-58-18-6-16-52(38-68)66(58)72-62(54)36-50/h1-36H. The van der Waals surface area contributed by atoms with Crippen molar-refractivity contribution in [3.8, 4) is 78.9 Å². The van der Waals surface area contributed by atoms with E-state index in [-0.39, 0.29) is 0 Å². The van der Waals surface area contributed by atoms with Crippen molar-refractivity contribution in [3.05, 3.63) is 230 Å². The summed E-state index contributed by atoms with van der Waals surface area (Å²) in [5.41, 5.74) is 18.7. The molecular weight excluding hydrogens is 881 g/mol. The molecule has 11 aromatic carbocycles. The lowest BCUT2D eigenvalue weighted by molar-refractivity contribution is 0.667. The first-order chi connectivity index (χ1) is 35.5. The van der Waals surface area contributed by atoms with Crippen molar-refractivity contribution in [1.82, 2.24) is 9.97 Å². The van der Waals surface area contributed by atoms with Crippen LogP contribution >= 0.6 is 0 Å². The Labute approximate surface area is 412 Å². The molecule has 0 radical (unpaired) electrons. The van der Waals surface area contributed by atoms with E-state index in [4.69, 9.17) is 18.8 Å². The fourth-order valence-electron chi connectivity index (χ4n) is 10.7. The zero-order chi connectivity index (χ0) is 47.9. The molecule has 0 N–H and O–H groups in total. The number of benzene rings is 11. The van der Waals surface area contributed by atoms with Crippen molar-refractivity contribution in [2.24, 2.45) is 0 Å². The van der Waals surface area contributed by atoms with E-state index in [1.54, 1.807) is 24.5 Å². The molecule has 0 aliphatic heterocycles. The molecule has 6 nitrogen and oxygen atoms in total. The number of nitrogens with zero attached hydrogens (tertiary/aromatic N) is 4. The summed E-state index contributed by atoms with van der Waals surface area (Å²) in [6, 6.07) is 76.6. The molecule has 0 amide bonds. The van der Waals surface area contributed by atoms with E-state index in [2.05, 4.69) is 182 Å². The van der Waals surface area contributed by atoms with Crippen molar-refractivity contribution in [3.63, 3.8) is 0 Å². The second kappa shape index (κ2) is 16.2. The molecule has 0 bridgehead atoms. The van der Waals surface area contributed by atoms with Crippen molar-refractivity contribution in [1.29, 1.82) is 10.5 Å². The molecule has 0 spiro atoms. The van der Waals surface area contributed by atoms with Crippen LogP contribution in [0.4, 0.5) is 0 Å². The summed E-state index contributed by atoms with van der Waals surface area (Å²) < 4.78 is 12.5. The summed E-state index contributed by atoms with van der Waals surface area (Å²) >= 11 is 0. The lowest BCUT2D eigenvalue weighted by Gasteiger charge is -2.13. The van der Waals surface area contributed by atoms with Crippen molar-refractivity contribution >= 4 is 76.5 Å². The van der Waals surface area contributed by atoms with Crippen molar-refractivity contribution in [2.45, 2.75) is 0 Å². The van der Waals surface area contributed by atoms with Gasteiger partial charge in [-0.1, -0.05) is 133 Å². The number of nitriles is 2. The maximum atomic E-state index is 9.69. The minimum Gasteiger partial charge on any atom is -0.455 e. The minimum atomic E-state index is 0.535.